The van der Waals surface area contributed by atoms with Gasteiger partial charge in [-0.05, 0) is 23.8 Å². The molecule has 0 unspecified atom stereocenters. The Morgan fingerprint density at radius 3 is 2.67 bits per heavy atom. The fraction of sp³-hybridized carbons (Fsp3) is 0.0625. The minimum absolute atomic E-state index is 0.0592. The van der Waals surface area contributed by atoms with Gasteiger partial charge >= 0.3 is 0 Å². The van der Waals surface area contributed by atoms with Crippen LogP contribution in [-0.2, 0) is 0 Å². The third-order valence-corrected chi connectivity index (χ3v) is 3.45. The smallest absolute Gasteiger partial charge is 0.205 e. The predicted molar refractivity (Wildman–Crippen MR) is 78.3 cm³/mol. The second kappa shape index (κ2) is 4.76. The van der Waals surface area contributed by atoms with E-state index in [-0.39, 0.29) is 17.6 Å². The number of allylic oxidation sites excluding steroid dienone is 1. The minimum Gasteiger partial charge on any atom is -0.508 e. The first kappa shape index (κ1) is 12.9. The van der Waals surface area contributed by atoms with Crippen LogP contribution in [0.25, 0.3) is 0 Å². The molecule has 1 atom stereocenters. The van der Waals surface area contributed by atoms with E-state index in [0.29, 0.717) is 17.0 Å². The third-order valence-electron chi connectivity index (χ3n) is 3.45. The van der Waals surface area contributed by atoms with Gasteiger partial charge in [0.1, 0.15) is 23.1 Å². The van der Waals surface area contributed by atoms with Gasteiger partial charge in [-0.1, -0.05) is 18.2 Å². The lowest BCUT2D eigenvalue weighted by atomic mass is 9.83. The zero-order valence-electron chi connectivity index (χ0n) is 11.1. The molecule has 0 bridgehead atoms. The third kappa shape index (κ3) is 2.13. The predicted octanol–water partition coefficient (Wildman–Crippen LogP) is 2.19. The summed E-state index contributed by atoms with van der Waals surface area (Å²) < 4.78 is 5.49. The Morgan fingerprint density at radius 1 is 1.14 bits per heavy atom. The molecule has 1 heterocycles. The Labute approximate surface area is 121 Å². The van der Waals surface area contributed by atoms with E-state index in [1.165, 1.54) is 0 Å². The largest absolute Gasteiger partial charge is 0.508 e. The van der Waals surface area contributed by atoms with Crippen LogP contribution in [0.15, 0.2) is 53.9 Å². The summed E-state index contributed by atoms with van der Waals surface area (Å²) in [5.41, 5.74) is 14.0. The number of phenolic OH excluding ortho intramolecular Hbond substituents is 1. The molecule has 1 aliphatic heterocycles. The van der Waals surface area contributed by atoms with Gasteiger partial charge < -0.3 is 21.3 Å². The van der Waals surface area contributed by atoms with Crippen LogP contribution in [0.2, 0.25) is 0 Å². The maximum absolute atomic E-state index is 9.68. The lowest BCUT2D eigenvalue weighted by molar-refractivity contribution is 0.393. The summed E-state index contributed by atoms with van der Waals surface area (Å²) in [5.74, 6) is 0.335. The molecule has 2 aromatic rings. The highest BCUT2D eigenvalue weighted by Crippen LogP contribution is 2.43. The van der Waals surface area contributed by atoms with E-state index < -0.39 is 0 Å². The SMILES string of the molecule is N#CC1=C(N)Oc2cc(N)ccc2[C@@H]1c1cccc(O)c1. The minimum atomic E-state index is -0.383. The summed E-state index contributed by atoms with van der Waals surface area (Å²) >= 11 is 0. The van der Waals surface area contributed by atoms with Crippen molar-refractivity contribution in [2.75, 3.05) is 5.73 Å². The van der Waals surface area contributed by atoms with Crippen molar-refractivity contribution in [1.29, 1.82) is 5.26 Å². The van der Waals surface area contributed by atoms with Crippen LogP contribution in [0, 0.1) is 11.3 Å². The number of ether oxygens (including phenoxy) is 1. The quantitative estimate of drug-likeness (QED) is 0.694. The van der Waals surface area contributed by atoms with Gasteiger partial charge in [-0.25, -0.2) is 0 Å². The molecule has 0 amide bonds. The van der Waals surface area contributed by atoms with Crippen molar-refractivity contribution < 1.29 is 9.84 Å². The van der Waals surface area contributed by atoms with Crippen molar-refractivity contribution in [2.45, 2.75) is 5.92 Å². The summed E-state index contributed by atoms with van der Waals surface area (Å²) in [5, 5.41) is 19.1. The van der Waals surface area contributed by atoms with E-state index in [0.717, 1.165) is 11.1 Å². The number of nitriles is 1. The van der Waals surface area contributed by atoms with Crippen LogP contribution < -0.4 is 16.2 Å². The van der Waals surface area contributed by atoms with E-state index in [9.17, 15) is 10.4 Å². The molecule has 0 aromatic heterocycles. The van der Waals surface area contributed by atoms with Gasteiger partial charge in [0, 0.05) is 17.3 Å². The first-order chi connectivity index (χ1) is 10.1. The van der Waals surface area contributed by atoms with Crippen molar-refractivity contribution >= 4 is 5.69 Å². The fourth-order valence-electron chi connectivity index (χ4n) is 2.52. The number of rotatable bonds is 1. The Kier molecular flexibility index (Phi) is 2.92. The first-order valence-corrected chi connectivity index (χ1v) is 6.36. The molecule has 21 heavy (non-hydrogen) atoms. The summed E-state index contributed by atoms with van der Waals surface area (Å²) in [6.45, 7) is 0. The topological polar surface area (TPSA) is 105 Å². The Balaban J connectivity index is 2.24. The number of phenols is 1. The Bertz CT molecular complexity index is 790. The fourth-order valence-corrected chi connectivity index (χ4v) is 2.52. The second-order valence-electron chi connectivity index (χ2n) is 4.82. The van der Waals surface area contributed by atoms with Crippen molar-refractivity contribution in [3.8, 4) is 17.6 Å². The lowest BCUT2D eigenvalue weighted by Crippen LogP contribution is -2.21. The molecule has 1 aliphatic rings. The molecule has 104 valence electrons. The van der Waals surface area contributed by atoms with Gasteiger partial charge in [0.2, 0.25) is 5.88 Å². The molecular weight excluding hydrogens is 266 g/mol. The molecule has 5 heteroatoms. The molecule has 0 saturated carbocycles. The van der Waals surface area contributed by atoms with E-state index in [1.807, 2.05) is 12.1 Å². The number of nitrogen functional groups attached to an aromatic ring is 1. The van der Waals surface area contributed by atoms with E-state index in [4.69, 9.17) is 16.2 Å². The molecule has 5 nitrogen and oxygen atoms in total. The molecule has 0 fully saturated rings. The molecule has 3 rings (SSSR count). The van der Waals surface area contributed by atoms with Crippen LogP contribution in [0.3, 0.4) is 0 Å². The summed E-state index contributed by atoms with van der Waals surface area (Å²) in [6, 6.07) is 14.1. The van der Waals surface area contributed by atoms with Gasteiger partial charge in [0.15, 0.2) is 0 Å². The van der Waals surface area contributed by atoms with Gasteiger partial charge in [-0.15, -0.1) is 0 Å². The average Bonchev–Trinajstić information content (AvgIpc) is 2.45. The maximum Gasteiger partial charge on any atom is 0.205 e. The van der Waals surface area contributed by atoms with Crippen LogP contribution in [0.4, 0.5) is 5.69 Å². The van der Waals surface area contributed by atoms with E-state index in [1.54, 1.807) is 30.3 Å². The van der Waals surface area contributed by atoms with Crippen molar-refractivity contribution in [2.24, 2.45) is 5.73 Å². The van der Waals surface area contributed by atoms with Gasteiger partial charge in [0.25, 0.3) is 0 Å². The van der Waals surface area contributed by atoms with Crippen molar-refractivity contribution in [3.05, 3.63) is 65.0 Å². The standard InChI is InChI=1S/C16H13N3O2/c17-8-13-15(9-2-1-3-11(20)6-9)12-5-4-10(18)7-14(12)21-16(13)19/h1-7,15,20H,18-19H2/t15-/m0/s1. The average molecular weight is 279 g/mol. The van der Waals surface area contributed by atoms with Crippen LogP contribution in [-0.4, -0.2) is 5.11 Å². The molecule has 5 N–H and O–H groups in total. The van der Waals surface area contributed by atoms with Crippen molar-refractivity contribution in [3.63, 3.8) is 0 Å². The molecule has 0 aliphatic carbocycles. The number of nitrogens with two attached hydrogens (primary N) is 2. The summed E-state index contributed by atoms with van der Waals surface area (Å²) in [6.07, 6.45) is 0. The van der Waals surface area contributed by atoms with Gasteiger partial charge in [0.05, 0.1) is 5.92 Å². The highest BCUT2D eigenvalue weighted by molar-refractivity contribution is 5.59. The van der Waals surface area contributed by atoms with Crippen LogP contribution in [0.5, 0.6) is 11.5 Å². The number of hydrogen-bond donors (Lipinski definition) is 3. The van der Waals surface area contributed by atoms with Gasteiger partial charge in [-0.2, -0.15) is 5.26 Å². The molecule has 2 aromatic carbocycles. The highest BCUT2D eigenvalue weighted by atomic mass is 16.5. The number of fused-ring (bicyclic) bond motifs is 1. The zero-order valence-corrected chi connectivity index (χ0v) is 11.1. The molecule has 0 spiro atoms. The number of aromatic hydroxyl groups is 1. The van der Waals surface area contributed by atoms with Crippen LogP contribution in [0.1, 0.15) is 17.0 Å². The van der Waals surface area contributed by atoms with Gasteiger partial charge in [-0.3, -0.25) is 0 Å². The molecule has 0 radical (unpaired) electrons. The molecular formula is C16H13N3O2. The van der Waals surface area contributed by atoms with Crippen molar-refractivity contribution in [1.82, 2.24) is 0 Å². The first-order valence-electron chi connectivity index (χ1n) is 6.36. The highest BCUT2D eigenvalue weighted by Gasteiger charge is 2.30. The Hall–Kier alpha value is -3.13. The normalized spacial score (nSPS) is 16.8. The van der Waals surface area contributed by atoms with Crippen LogP contribution >= 0.6 is 0 Å². The number of nitrogens with zero attached hydrogens (tertiary/aromatic N) is 1. The summed E-state index contributed by atoms with van der Waals surface area (Å²) in [4.78, 5) is 0. The number of benzene rings is 2. The second-order valence-corrected chi connectivity index (χ2v) is 4.82. The monoisotopic (exact) mass is 279 g/mol. The Morgan fingerprint density at radius 2 is 1.95 bits per heavy atom. The van der Waals surface area contributed by atoms with E-state index >= 15 is 0 Å². The zero-order chi connectivity index (χ0) is 15.0. The number of hydrogen-bond acceptors (Lipinski definition) is 5. The lowest BCUT2D eigenvalue weighted by Gasteiger charge is -2.26. The maximum atomic E-state index is 9.68. The van der Waals surface area contributed by atoms with E-state index in [2.05, 4.69) is 6.07 Å². The number of anilines is 1. The summed E-state index contributed by atoms with van der Waals surface area (Å²) in [7, 11) is 0. The molecule has 0 saturated heterocycles.